The molecule has 4 nitrogen and oxygen atoms in total. The highest BCUT2D eigenvalue weighted by Crippen LogP contribution is 2.39. The van der Waals surface area contributed by atoms with E-state index in [9.17, 15) is 5.26 Å². The van der Waals surface area contributed by atoms with Crippen molar-refractivity contribution in [2.24, 2.45) is 11.7 Å². The van der Waals surface area contributed by atoms with Gasteiger partial charge in [0.2, 0.25) is 0 Å². The van der Waals surface area contributed by atoms with Crippen molar-refractivity contribution in [1.82, 2.24) is 9.80 Å². The van der Waals surface area contributed by atoms with Gasteiger partial charge in [0.05, 0.1) is 6.07 Å². The lowest BCUT2D eigenvalue weighted by molar-refractivity contribution is 0.176. The van der Waals surface area contributed by atoms with E-state index in [1.165, 1.54) is 12.8 Å². The largest absolute Gasteiger partial charge is 0.312 e. The van der Waals surface area contributed by atoms with Gasteiger partial charge in [-0.2, -0.15) is 5.26 Å². The second-order valence-corrected chi connectivity index (χ2v) is 5.96. The van der Waals surface area contributed by atoms with Crippen LogP contribution in [0, 0.1) is 17.2 Å². The normalized spacial score (nSPS) is 29.2. The number of nitrogens with zero attached hydrogens (tertiary/aromatic N) is 3. The van der Waals surface area contributed by atoms with Crippen molar-refractivity contribution < 1.29 is 0 Å². The first kappa shape index (κ1) is 12.8. The molecule has 1 aliphatic carbocycles. The zero-order valence-electron chi connectivity index (χ0n) is 11.0. The fourth-order valence-electron chi connectivity index (χ4n) is 2.92. The molecule has 4 heteroatoms. The topological polar surface area (TPSA) is 56.3 Å². The van der Waals surface area contributed by atoms with Crippen molar-refractivity contribution in [1.29, 1.82) is 5.26 Å². The molecule has 1 saturated heterocycles. The molecule has 2 unspecified atom stereocenters. The van der Waals surface area contributed by atoms with E-state index in [-0.39, 0.29) is 0 Å². The van der Waals surface area contributed by atoms with Crippen LogP contribution in [0.2, 0.25) is 0 Å². The van der Waals surface area contributed by atoms with Crippen LogP contribution in [0.3, 0.4) is 0 Å². The monoisotopic (exact) mass is 236 g/mol. The highest BCUT2D eigenvalue weighted by molar-refractivity contribution is 5.15. The summed E-state index contributed by atoms with van der Waals surface area (Å²) in [6.07, 6.45) is 4.75. The van der Waals surface area contributed by atoms with E-state index in [0.717, 1.165) is 32.5 Å². The fourth-order valence-corrected chi connectivity index (χ4v) is 2.92. The van der Waals surface area contributed by atoms with Gasteiger partial charge >= 0.3 is 0 Å². The van der Waals surface area contributed by atoms with Crippen molar-refractivity contribution in [3.8, 4) is 6.07 Å². The minimum atomic E-state index is -0.602. The molecule has 2 aliphatic rings. The Kier molecular flexibility index (Phi) is 3.72. The summed E-state index contributed by atoms with van der Waals surface area (Å²) in [7, 11) is 4.22. The minimum absolute atomic E-state index is 0.438. The van der Waals surface area contributed by atoms with Gasteiger partial charge in [-0.3, -0.25) is 4.90 Å². The summed E-state index contributed by atoms with van der Waals surface area (Å²) in [6, 6.07) is 2.95. The number of hydrogen-bond donors (Lipinski definition) is 1. The smallest absolute Gasteiger partial charge is 0.119 e. The number of rotatable bonds is 5. The first-order valence-corrected chi connectivity index (χ1v) is 6.64. The summed E-state index contributed by atoms with van der Waals surface area (Å²) in [5.74, 6) is 0.438. The van der Waals surface area contributed by atoms with Crippen LogP contribution in [0.25, 0.3) is 0 Å². The molecule has 1 aliphatic heterocycles. The lowest BCUT2D eigenvalue weighted by atomic mass is 9.95. The molecule has 0 aromatic rings. The average Bonchev–Trinajstić information content (AvgIpc) is 3.04. The van der Waals surface area contributed by atoms with E-state index in [4.69, 9.17) is 5.73 Å². The van der Waals surface area contributed by atoms with Gasteiger partial charge in [0.1, 0.15) is 5.54 Å². The third-order valence-corrected chi connectivity index (χ3v) is 4.05. The van der Waals surface area contributed by atoms with Gasteiger partial charge in [0, 0.05) is 19.1 Å². The molecular weight excluding hydrogens is 212 g/mol. The van der Waals surface area contributed by atoms with Gasteiger partial charge in [-0.25, -0.2) is 0 Å². The van der Waals surface area contributed by atoms with Crippen LogP contribution in [-0.4, -0.2) is 55.1 Å². The molecule has 96 valence electrons. The summed E-state index contributed by atoms with van der Waals surface area (Å²) in [5.41, 5.74) is 5.66. The lowest BCUT2D eigenvalue weighted by Crippen LogP contribution is -2.53. The van der Waals surface area contributed by atoms with Crippen LogP contribution in [-0.2, 0) is 0 Å². The standard InChI is InChI=1S/C13H24N4/c1-16(2)8-12-4-3-7-17(12)10-13(15,9-14)11-5-6-11/h11-12H,3-8,10,15H2,1-2H3. The minimum Gasteiger partial charge on any atom is -0.312 e. The van der Waals surface area contributed by atoms with Crippen LogP contribution >= 0.6 is 0 Å². The predicted molar refractivity (Wildman–Crippen MR) is 68.4 cm³/mol. The van der Waals surface area contributed by atoms with Crippen molar-refractivity contribution >= 4 is 0 Å². The van der Waals surface area contributed by atoms with Gasteiger partial charge in [0.25, 0.3) is 0 Å². The number of likely N-dealkylation sites (N-methyl/N-ethyl adjacent to an activating group) is 1. The van der Waals surface area contributed by atoms with E-state index >= 15 is 0 Å². The molecule has 2 atom stereocenters. The van der Waals surface area contributed by atoms with Crippen LogP contribution in [0.5, 0.6) is 0 Å². The molecule has 1 saturated carbocycles. The molecule has 17 heavy (non-hydrogen) atoms. The zero-order valence-corrected chi connectivity index (χ0v) is 11.0. The number of likely N-dealkylation sites (tertiary alicyclic amines) is 1. The summed E-state index contributed by atoms with van der Waals surface area (Å²) in [6.45, 7) is 2.94. The maximum Gasteiger partial charge on any atom is 0.119 e. The van der Waals surface area contributed by atoms with Crippen molar-refractivity contribution in [3.05, 3.63) is 0 Å². The summed E-state index contributed by atoms with van der Waals surface area (Å²) in [4.78, 5) is 4.66. The lowest BCUT2D eigenvalue weighted by Gasteiger charge is -2.33. The van der Waals surface area contributed by atoms with Crippen LogP contribution in [0.4, 0.5) is 0 Å². The van der Waals surface area contributed by atoms with Crippen molar-refractivity contribution in [2.75, 3.05) is 33.7 Å². The maximum absolute atomic E-state index is 9.31. The Bertz CT molecular complexity index is 305. The second-order valence-electron chi connectivity index (χ2n) is 5.96. The molecule has 0 aromatic heterocycles. The molecule has 0 aromatic carbocycles. The summed E-state index contributed by atoms with van der Waals surface area (Å²) < 4.78 is 0. The van der Waals surface area contributed by atoms with E-state index in [1.54, 1.807) is 0 Å². The van der Waals surface area contributed by atoms with E-state index in [2.05, 4.69) is 30.0 Å². The zero-order chi connectivity index (χ0) is 12.5. The van der Waals surface area contributed by atoms with Crippen molar-refractivity contribution in [2.45, 2.75) is 37.3 Å². The molecule has 0 bridgehead atoms. The molecule has 1 heterocycles. The third kappa shape index (κ3) is 2.98. The quantitative estimate of drug-likeness (QED) is 0.761. The van der Waals surface area contributed by atoms with E-state index < -0.39 is 5.54 Å². The van der Waals surface area contributed by atoms with Gasteiger partial charge < -0.3 is 10.6 Å². The van der Waals surface area contributed by atoms with Crippen LogP contribution < -0.4 is 5.73 Å². The second kappa shape index (κ2) is 4.93. The summed E-state index contributed by atoms with van der Waals surface area (Å²) in [5, 5.41) is 9.31. The van der Waals surface area contributed by atoms with E-state index in [1.807, 2.05) is 0 Å². The molecule has 2 fully saturated rings. The van der Waals surface area contributed by atoms with Crippen molar-refractivity contribution in [3.63, 3.8) is 0 Å². The fraction of sp³-hybridized carbons (Fsp3) is 0.923. The van der Waals surface area contributed by atoms with E-state index in [0.29, 0.717) is 12.0 Å². The van der Waals surface area contributed by atoms with Gasteiger partial charge in [0.15, 0.2) is 0 Å². The Balaban J connectivity index is 1.95. The number of nitrogens with two attached hydrogens (primary N) is 1. The average molecular weight is 236 g/mol. The van der Waals surface area contributed by atoms with Gasteiger partial charge in [-0.15, -0.1) is 0 Å². The Hall–Kier alpha value is -0.630. The van der Waals surface area contributed by atoms with Gasteiger partial charge in [-0.1, -0.05) is 0 Å². The molecular formula is C13H24N4. The highest BCUT2D eigenvalue weighted by Gasteiger charge is 2.45. The molecule has 2 rings (SSSR count). The molecule has 0 amide bonds. The van der Waals surface area contributed by atoms with Crippen LogP contribution in [0.1, 0.15) is 25.7 Å². The number of nitriles is 1. The first-order chi connectivity index (χ1) is 8.05. The number of hydrogen-bond acceptors (Lipinski definition) is 4. The first-order valence-electron chi connectivity index (χ1n) is 6.64. The predicted octanol–water partition coefficient (Wildman–Crippen LogP) is 0.643. The highest BCUT2D eigenvalue weighted by atomic mass is 15.2. The Morgan fingerprint density at radius 1 is 1.41 bits per heavy atom. The molecule has 0 radical (unpaired) electrons. The SMILES string of the molecule is CN(C)CC1CCCN1CC(N)(C#N)C1CC1. The molecule has 0 spiro atoms. The Morgan fingerprint density at radius 2 is 2.12 bits per heavy atom. The Morgan fingerprint density at radius 3 is 2.65 bits per heavy atom. The Labute approximate surface area is 104 Å². The molecule has 2 N–H and O–H groups in total. The summed E-state index contributed by atoms with van der Waals surface area (Å²) >= 11 is 0. The third-order valence-electron chi connectivity index (χ3n) is 4.05. The van der Waals surface area contributed by atoms with Crippen LogP contribution in [0.15, 0.2) is 0 Å². The maximum atomic E-state index is 9.31. The van der Waals surface area contributed by atoms with Gasteiger partial charge in [-0.05, 0) is 52.2 Å².